The molecule has 1 amide bonds. The lowest BCUT2D eigenvalue weighted by Gasteiger charge is -2.26. The van der Waals surface area contributed by atoms with Crippen molar-refractivity contribution in [2.45, 2.75) is 13.0 Å². The van der Waals surface area contributed by atoms with Gasteiger partial charge in [0, 0.05) is 18.3 Å². The number of carbonyl (C=O) groups excluding carboxylic acids is 1. The second-order valence-electron chi connectivity index (χ2n) is 4.68. The van der Waals surface area contributed by atoms with E-state index in [1.165, 1.54) is 6.20 Å². The summed E-state index contributed by atoms with van der Waals surface area (Å²) >= 11 is 6.19. The number of pyridine rings is 1. The van der Waals surface area contributed by atoms with Gasteiger partial charge in [-0.2, -0.15) is 0 Å². The Bertz CT molecular complexity index is 647. The number of hydrazine groups is 1. The largest absolute Gasteiger partial charge is 0.335 e. The van der Waals surface area contributed by atoms with E-state index < -0.39 is 0 Å². The number of amides is 1. The van der Waals surface area contributed by atoms with Gasteiger partial charge in [0.05, 0.1) is 23.5 Å². The number of hydrogen-bond donors (Lipinski definition) is 2. The molecular formula is C15H17ClN4O. The monoisotopic (exact) mass is 304 g/mol. The van der Waals surface area contributed by atoms with Crippen molar-refractivity contribution in [3.63, 3.8) is 0 Å². The molecule has 5 nitrogen and oxygen atoms in total. The molecule has 1 aromatic carbocycles. The molecule has 0 aliphatic carbocycles. The molecule has 0 saturated heterocycles. The predicted molar refractivity (Wildman–Crippen MR) is 84.0 cm³/mol. The van der Waals surface area contributed by atoms with Crippen LogP contribution in [-0.2, 0) is 0 Å². The smallest absolute Gasteiger partial charge is 0.256 e. The van der Waals surface area contributed by atoms with Gasteiger partial charge in [-0.15, -0.1) is 0 Å². The maximum absolute atomic E-state index is 12.6. The average Bonchev–Trinajstić information content (AvgIpc) is 2.53. The molecule has 0 saturated carbocycles. The quantitative estimate of drug-likeness (QED) is 0.673. The molecule has 1 unspecified atom stereocenters. The number of nitrogens with zero attached hydrogens (tertiary/aromatic N) is 2. The van der Waals surface area contributed by atoms with E-state index in [4.69, 9.17) is 17.4 Å². The molecule has 0 radical (unpaired) electrons. The summed E-state index contributed by atoms with van der Waals surface area (Å²) in [7, 11) is 1.73. The molecule has 3 N–H and O–H groups in total. The highest BCUT2D eigenvalue weighted by molar-refractivity contribution is 6.31. The third kappa shape index (κ3) is 3.15. The third-order valence-corrected chi connectivity index (χ3v) is 3.81. The van der Waals surface area contributed by atoms with Gasteiger partial charge in [-0.1, -0.05) is 29.8 Å². The van der Waals surface area contributed by atoms with E-state index in [1.54, 1.807) is 24.2 Å². The first-order valence-electron chi connectivity index (χ1n) is 6.48. The lowest BCUT2D eigenvalue weighted by molar-refractivity contribution is 0.0743. The van der Waals surface area contributed by atoms with Gasteiger partial charge < -0.3 is 10.3 Å². The second kappa shape index (κ2) is 6.56. The van der Waals surface area contributed by atoms with Crippen LogP contribution in [0.15, 0.2) is 42.7 Å². The number of aromatic nitrogens is 1. The van der Waals surface area contributed by atoms with Gasteiger partial charge in [0.25, 0.3) is 5.91 Å². The van der Waals surface area contributed by atoms with Crippen LogP contribution in [0.2, 0.25) is 5.02 Å². The minimum absolute atomic E-state index is 0.155. The van der Waals surface area contributed by atoms with Gasteiger partial charge in [0.1, 0.15) is 0 Å². The molecule has 0 bridgehead atoms. The van der Waals surface area contributed by atoms with E-state index in [1.807, 2.05) is 31.2 Å². The molecule has 2 aromatic rings. The summed E-state index contributed by atoms with van der Waals surface area (Å²) in [4.78, 5) is 18.2. The number of carbonyl (C=O) groups is 1. The maximum atomic E-state index is 12.6. The molecule has 21 heavy (non-hydrogen) atoms. The predicted octanol–water partition coefficient (Wildman–Crippen LogP) is 2.85. The first kappa shape index (κ1) is 15.3. The standard InChI is InChI=1S/C15H17ClN4O/c1-10(11-5-3-4-6-13(11)16)20(2)15(21)12-7-8-18-9-14(12)19-17/h3-10,19H,17H2,1-2H3. The summed E-state index contributed by atoms with van der Waals surface area (Å²) in [5.74, 6) is 5.26. The molecule has 0 fully saturated rings. The number of hydrogen-bond acceptors (Lipinski definition) is 4. The summed E-state index contributed by atoms with van der Waals surface area (Å²) in [6, 6.07) is 8.95. The van der Waals surface area contributed by atoms with Crippen molar-refractivity contribution in [3.05, 3.63) is 58.9 Å². The van der Waals surface area contributed by atoms with Crippen molar-refractivity contribution in [2.24, 2.45) is 5.84 Å². The molecule has 1 aromatic heterocycles. The van der Waals surface area contributed by atoms with Crippen LogP contribution in [0, 0.1) is 0 Å². The first-order valence-corrected chi connectivity index (χ1v) is 6.86. The molecule has 0 aliphatic heterocycles. The summed E-state index contributed by atoms with van der Waals surface area (Å²) in [5.41, 5.74) is 4.33. The lowest BCUT2D eigenvalue weighted by atomic mass is 10.1. The molecule has 6 heteroatoms. The Kier molecular flexibility index (Phi) is 4.77. The Morgan fingerprint density at radius 1 is 1.38 bits per heavy atom. The summed E-state index contributed by atoms with van der Waals surface area (Å²) in [5, 5.41) is 0.636. The van der Waals surface area contributed by atoms with Crippen molar-refractivity contribution in [1.29, 1.82) is 0 Å². The summed E-state index contributed by atoms with van der Waals surface area (Å²) in [6.45, 7) is 1.93. The van der Waals surface area contributed by atoms with Gasteiger partial charge in [0.2, 0.25) is 0 Å². The Morgan fingerprint density at radius 2 is 2.10 bits per heavy atom. The van der Waals surface area contributed by atoms with Crippen molar-refractivity contribution >= 4 is 23.2 Å². The molecule has 110 valence electrons. The van der Waals surface area contributed by atoms with E-state index in [0.29, 0.717) is 16.3 Å². The Labute approximate surface area is 128 Å². The maximum Gasteiger partial charge on any atom is 0.256 e. The van der Waals surface area contributed by atoms with Crippen LogP contribution in [0.3, 0.4) is 0 Å². The highest BCUT2D eigenvalue weighted by Crippen LogP contribution is 2.28. The minimum Gasteiger partial charge on any atom is -0.335 e. The third-order valence-electron chi connectivity index (χ3n) is 3.46. The number of nitrogens with two attached hydrogens (primary N) is 1. The zero-order valence-corrected chi connectivity index (χ0v) is 12.6. The first-order chi connectivity index (χ1) is 10.1. The highest BCUT2D eigenvalue weighted by Gasteiger charge is 2.22. The molecule has 0 aliphatic rings. The second-order valence-corrected chi connectivity index (χ2v) is 5.09. The number of anilines is 1. The zero-order valence-electron chi connectivity index (χ0n) is 11.9. The molecule has 0 spiro atoms. The van der Waals surface area contributed by atoms with E-state index in [-0.39, 0.29) is 11.9 Å². The fourth-order valence-corrected chi connectivity index (χ4v) is 2.38. The van der Waals surface area contributed by atoms with Crippen LogP contribution in [0.25, 0.3) is 0 Å². The van der Waals surface area contributed by atoms with Crippen LogP contribution in [0.1, 0.15) is 28.9 Å². The summed E-state index contributed by atoms with van der Waals surface area (Å²) in [6.07, 6.45) is 3.07. The van der Waals surface area contributed by atoms with Crippen LogP contribution in [-0.4, -0.2) is 22.8 Å². The molecule has 1 atom stereocenters. The van der Waals surface area contributed by atoms with Gasteiger partial charge >= 0.3 is 0 Å². The van der Waals surface area contributed by atoms with Crippen molar-refractivity contribution in [3.8, 4) is 0 Å². The van der Waals surface area contributed by atoms with E-state index >= 15 is 0 Å². The van der Waals surface area contributed by atoms with Gasteiger partial charge in [-0.05, 0) is 24.6 Å². The van der Waals surface area contributed by atoms with Gasteiger partial charge in [-0.3, -0.25) is 15.6 Å². The van der Waals surface area contributed by atoms with E-state index in [2.05, 4.69) is 10.4 Å². The Balaban J connectivity index is 2.29. The number of benzene rings is 1. The number of nitrogen functional groups attached to an aromatic ring is 1. The minimum atomic E-state index is -0.162. The Morgan fingerprint density at radius 3 is 2.76 bits per heavy atom. The zero-order chi connectivity index (χ0) is 15.4. The number of rotatable bonds is 4. The SMILES string of the molecule is CC(c1ccccc1Cl)N(C)C(=O)c1ccncc1NN. The average molecular weight is 305 g/mol. The van der Waals surface area contributed by atoms with Gasteiger partial charge in [0.15, 0.2) is 0 Å². The van der Waals surface area contributed by atoms with Crippen LogP contribution < -0.4 is 11.3 Å². The Hall–Kier alpha value is -2.11. The van der Waals surface area contributed by atoms with E-state index in [9.17, 15) is 4.79 Å². The molecule has 1 heterocycles. The van der Waals surface area contributed by atoms with Crippen LogP contribution in [0.5, 0.6) is 0 Å². The molecular weight excluding hydrogens is 288 g/mol. The van der Waals surface area contributed by atoms with E-state index in [0.717, 1.165) is 5.56 Å². The van der Waals surface area contributed by atoms with Gasteiger partial charge in [-0.25, -0.2) is 0 Å². The van der Waals surface area contributed by atoms with Crippen molar-refractivity contribution in [2.75, 3.05) is 12.5 Å². The number of halogens is 1. The fraction of sp³-hybridized carbons (Fsp3) is 0.200. The topological polar surface area (TPSA) is 71.2 Å². The van der Waals surface area contributed by atoms with Crippen molar-refractivity contribution in [1.82, 2.24) is 9.88 Å². The van der Waals surface area contributed by atoms with Crippen LogP contribution >= 0.6 is 11.6 Å². The van der Waals surface area contributed by atoms with Crippen molar-refractivity contribution < 1.29 is 4.79 Å². The van der Waals surface area contributed by atoms with Crippen LogP contribution in [0.4, 0.5) is 5.69 Å². The lowest BCUT2D eigenvalue weighted by Crippen LogP contribution is -2.30. The normalized spacial score (nSPS) is 11.8. The number of nitrogens with one attached hydrogen (secondary N) is 1. The summed E-state index contributed by atoms with van der Waals surface area (Å²) < 4.78 is 0. The fourth-order valence-electron chi connectivity index (χ4n) is 2.08. The highest BCUT2D eigenvalue weighted by atomic mass is 35.5. The molecule has 2 rings (SSSR count).